The van der Waals surface area contributed by atoms with Gasteiger partial charge in [0, 0.05) is 25.9 Å². The molecular weight excluding hydrogens is 271 g/mol. The zero-order valence-corrected chi connectivity index (χ0v) is 10.2. The van der Waals surface area contributed by atoms with Crippen molar-refractivity contribution in [1.29, 1.82) is 0 Å². The van der Waals surface area contributed by atoms with Crippen LogP contribution in [0.25, 0.3) is 0 Å². The number of nitrogens with zero attached hydrogens (tertiary/aromatic N) is 2. The van der Waals surface area contributed by atoms with Crippen LogP contribution in [0.2, 0.25) is 0 Å². The molecule has 9 heteroatoms. The van der Waals surface area contributed by atoms with Gasteiger partial charge in [0.1, 0.15) is 0 Å². The van der Waals surface area contributed by atoms with Gasteiger partial charge in [0.25, 0.3) is 11.8 Å². The number of hydrogen-bond donors (Lipinski definition) is 0. The van der Waals surface area contributed by atoms with E-state index in [0.717, 1.165) is 0 Å². The molecule has 2 heterocycles. The molecule has 2 aliphatic rings. The molecule has 0 unspecified atom stereocenters. The third kappa shape index (κ3) is 1.79. The molecule has 0 N–H and O–H groups in total. The van der Waals surface area contributed by atoms with E-state index in [2.05, 4.69) is 0 Å². The van der Waals surface area contributed by atoms with Crippen LogP contribution < -0.4 is 0 Å². The van der Waals surface area contributed by atoms with Gasteiger partial charge < -0.3 is 0 Å². The molecule has 0 radical (unpaired) electrons. The van der Waals surface area contributed by atoms with Gasteiger partial charge in [-0.2, -0.15) is 0 Å². The van der Waals surface area contributed by atoms with E-state index in [0.29, 0.717) is 9.34 Å². The number of carbonyl (C=O) groups is 4. The molecule has 92 valence electrons. The Bertz CT molecular complexity index is 450. The Kier molecular flexibility index (Phi) is 2.83. The van der Waals surface area contributed by atoms with Crippen LogP contribution in [0.1, 0.15) is 12.8 Å². The van der Waals surface area contributed by atoms with E-state index in [1.54, 1.807) is 0 Å². The predicted molar refractivity (Wildman–Crippen MR) is 56.1 cm³/mol. The molecule has 0 saturated carbocycles. The smallest absolute Gasteiger partial charge is 0.289 e. The topological polar surface area (TPSA) is 91.8 Å². The van der Waals surface area contributed by atoms with E-state index in [9.17, 15) is 23.7 Å². The van der Waals surface area contributed by atoms with E-state index in [4.69, 9.17) is 11.2 Å². The van der Waals surface area contributed by atoms with Crippen LogP contribution in [0, 0.1) is 0 Å². The summed E-state index contributed by atoms with van der Waals surface area (Å²) in [7, 11) is 0. The van der Waals surface area contributed by atoms with Crippen LogP contribution in [-0.2, 0) is 23.7 Å². The Balaban J connectivity index is 2.28. The number of carbonyl (C=O) groups excluding carboxylic acids is 4. The number of halogens is 1. The van der Waals surface area contributed by atoms with Gasteiger partial charge in [-0.05, 0) is 11.2 Å². The van der Waals surface area contributed by atoms with Crippen LogP contribution in [-0.4, -0.2) is 45.8 Å². The first-order valence-electron chi connectivity index (χ1n) is 4.85. The molecule has 2 rings (SSSR count). The summed E-state index contributed by atoms with van der Waals surface area (Å²) in [4.78, 5) is 44.9. The van der Waals surface area contributed by atoms with E-state index in [1.165, 1.54) is 0 Å². The zero-order valence-electron chi connectivity index (χ0n) is 8.59. The lowest BCUT2D eigenvalue weighted by molar-refractivity contribution is -0.138. The second-order valence-electron chi connectivity index (χ2n) is 3.68. The molecule has 7 nitrogen and oxygen atoms in total. The van der Waals surface area contributed by atoms with Crippen LogP contribution in [0.15, 0.2) is 0 Å². The maximum atomic E-state index is 12.2. The fourth-order valence-corrected chi connectivity index (χ4v) is 4.21. The largest absolute Gasteiger partial charge is 0.357 e. The highest BCUT2D eigenvalue weighted by Crippen LogP contribution is 2.60. The normalized spacial score (nSPS) is 21.9. The molecule has 17 heavy (non-hydrogen) atoms. The van der Waals surface area contributed by atoms with Crippen molar-refractivity contribution < 1.29 is 23.7 Å². The SMILES string of the molecule is O=C1CCN(P(=O)(Cl)N2CCC(=O)C2=O)C1=O. The molecule has 2 saturated heterocycles. The minimum atomic E-state index is -3.98. The van der Waals surface area contributed by atoms with Gasteiger partial charge in [-0.25, -0.2) is 0 Å². The standard InChI is InChI=1S/C8H8ClN2O5P/c9-17(16,10-3-1-5(12)7(10)14)11-4-2-6(13)8(11)15/h1-4H2. The Morgan fingerprint density at radius 2 is 1.24 bits per heavy atom. The van der Waals surface area contributed by atoms with Crippen molar-refractivity contribution in [3.05, 3.63) is 0 Å². The minimum Gasteiger partial charge on any atom is -0.289 e. The molecule has 0 bridgehead atoms. The van der Waals surface area contributed by atoms with Gasteiger partial charge in [-0.15, -0.1) is 0 Å². The fourth-order valence-electron chi connectivity index (χ4n) is 1.72. The zero-order chi connectivity index (χ0) is 12.8. The quantitative estimate of drug-likeness (QED) is 0.521. The Labute approximate surface area is 101 Å². The van der Waals surface area contributed by atoms with Crippen molar-refractivity contribution in [2.75, 3.05) is 13.1 Å². The summed E-state index contributed by atoms with van der Waals surface area (Å²) in [5.74, 6) is -3.31. The van der Waals surface area contributed by atoms with Crippen LogP contribution >= 0.6 is 18.0 Å². The van der Waals surface area contributed by atoms with Crippen molar-refractivity contribution >= 4 is 41.4 Å². The molecule has 0 aromatic heterocycles. The number of ketones is 2. The van der Waals surface area contributed by atoms with E-state index >= 15 is 0 Å². The van der Waals surface area contributed by atoms with Gasteiger partial charge >= 0.3 is 6.80 Å². The maximum absolute atomic E-state index is 12.2. The van der Waals surface area contributed by atoms with Crippen molar-refractivity contribution in [3.63, 3.8) is 0 Å². The van der Waals surface area contributed by atoms with Crippen LogP contribution in [0.4, 0.5) is 0 Å². The second-order valence-corrected chi connectivity index (χ2v) is 6.91. The Morgan fingerprint density at radius 3 is 1.47 bits per heavy atom. The van der Waals surface area contributed by atoms with Crippen molar-refractivity contribution in [3.8, 4) is 0 Å². The van der Waals surface area contributed by atoms with E-state index in [1.807, 2.05) is 0 Å². The lowest BCUT2D eigenvalue weighted by Gasteiger charge is -2.28. The monoisotopic (exact) mass is 278 g/mol. The second kappa shape index (κ2) is 3.92. The van der Waals surface area contributed by atoms with E-state index in [-0.39, 0.29) is 25.9 Å². The summed E-state index contributed by atoms with van der Waals surface area (Å²) >= 11 is 5.73. The van der Waals surface area contributed by atoms with Crippen LogP contribution in [0.5, 0.6) is 0 Å². The first-order chi connectivity index (χ1) is 7.85. The Hall–Kier alpha value is -1.20. The molecule has 0 aliphatic carbocycles. The summed E-state index contributed by atoms with van der Waals surface area (Å²) in [6.07, 6.45) is -0.156. The van der Waals surface area contributed by atoms with Gasteiger partial charge in [-0.1, -0.05) is 0 Å². The van der Waals surface area contributed by atoms with Crippen molar-refractivity contribution in [2.24, 2.45) is 0 Å². The highest BCUT2D eigenvalue weighted by Gasteiger charge is 2.49. The molecular formula is C8H8ClN2O5P. The molecule has 2 aliphatic heterocycles. The lowest BCUT2D eigenvalue weighted by Crippen LogP contribution is -2.33. The highest BCUT2D eigenvalue weighted by molar-refractivity contribution is 7.86. The fraction of sp³-hybridized carbons (Fsp3) is 0.500. The molecule has 2 amide bonds. The maximum Gasteiger partial charge on any atom is 0.357 e. The average molecular weight is 279 g/mol. The van der Waals surface area contributed by atoms with E-state index < -0.39 is 30.2 Å². The summed E-state index contributed by atoms with van der Waals surface area (Å²) < 4.78 is 13.6. The number of hydrogen-bond acceptors (Lipinski definition) is 5. The lowest BCUT2D eigenvalue weighted by atomic mass is 10.3. The summed E-state index contributed by atoms with van der Waals surface area (Å²) in [6, 6.07) is 0. The predicted octanol–water partition coefficient (Wildman–Crippen LogP) is -0.0639. The van der Waals surface area contributed by atoms with Crippen molar-refractivity contribution in [2.45, 2.75) is 12.8 Å². The highest BCUT2D eigenvalue weighted by atomic mass is 35.7. The van der Waals surface area contributed by atoms with Gasteiger partial charge in [0.05, 0.1) is 0 Å². The summed E-state index contributed by atoms with van der Waals surface area (Å²) in [5, 5.41) is 0. The third-order valence-electron chi connectivity index (χ3n) is 2.64. The summed E-state index contributed by atoms with van der Waals surface area (Å²) in [5.41, 5.74) is 0. The van der Waals surface area contributed by atoms with Gasteiger partial charge in [-0.3, -0.25) is 33.1 Å². The number of rotatable bonds is 2. The molecule has 2 fully saturated rings. The van der Waals surface area contributed by atoms with Crippen LogP contribution in [0.3, 0.4) is 0 Å². The van der Waals surface area contributed by atoms with Crippen molar-refractivity contribution in [1.82, 2.24) is 9.34 Å². The Morgan fingerprint density at radius 1 is 0.882 bits per heavy atom. The first-order valence-corrected chi connectivity index (χ1v) is 7.37. The molecule has 0 spiro atoms. The minimum absolute atomic E-state index is 0.0779. The molecule has 0 aromatic carbocycles. The molecule has 0 aromatic rings. The molecule has 0 atom stereocenters. The van der Waals surface area contributed by atoms with Gasteiger partial charge in [0.15, 0.2) is 0 Å². The average Bonchev–Trinajstić information content (AvgIpc) is 2.75. The summed E-state index contributed by atoms with van der Waals surface area (Å²) in [6.45, 7) is -4.15. The third-order valence-corrected chi connectivity index (χ3v) is 5.69. The number of amides is 2. The first kappa shape index (κ1) is 12.3. The number of Topliss-reactive ketones (excluding diaryl/α,β-unsaturated/α-hetero) is 2. The van der Waals surface area contributed by atoms with Gasteiger partial charge in [0.2, 0.25) is 11.6 Å².